The molecule has 0 radical (unpaired) electrons. The first kappa shape index (κ1) is 11.5. The lowest BCUT2D eigenvalue weighted by atomic mass is 10.2. The molecule has 0 N–H and O–H groups in total. The van der Waals surface area contributed by atoms with E-state index in [4.69, 9.17) is 0 Å². The normalized spacial score (nSPS) is 12.1. The summed E-state index contributed by atoms with van der Waals surface area (Å²) in [5, 5.41) is 0.792. The van der Waals surface area contributed by atoms with Gasteiger partial charge in [-0.05, 0) is 17.7 Å². The van der Waals surface area contributed by atoms with Crippen LogP contribution in [0, 0.1) is 0 Å². The van der Waals surface area contributed by atoms with E-state index in [1.54, 1.807) is 24.3 Å². The molecule has 76 valence electrons. The van der Waals surface area contributed by atoms with Gasteiger partial charge in [-0.25, -0.2) is 8.42 Å². The highest BCUT2D eigenvalue weighted by molar-refractivity contribution is 9.09. The Kier molecular flexibility index (Phi) is 3.89. The third-order valence-electron chi connectivity index (χ3n) is 1.71. The number of halogens is 1. The van der Waals surface area contributed by atoms with Gasteiger partial charge < -0.3 is 0 Å². The van der Waals surface area contributed by atoms with Crippen molar-refractivity contribution < 1.29 is 8.42 Å². The number of benzene rings is 1. The third kappa shape index (κ3) is 3.27. The fourth-order valence-electron chi connectivity index (χ4n) is 1.01. The van der Waals surface area contributed by atoms with Gasteiger partial charge in [-0.15, -0.1) is 0 Å². The van der Waals surface area contributed by atoms with Crippen LogP contribution in [0.15, 0.2) is 35.2 Å². The molecule has 1 aromatic carbocycles. The highest BCUT2D eigenvalue weighted by Gasteiger charge is 2.04. The Hall–Kier alpha value is -0.610. The predicted octanol–water partition coefficient (Wildman–Crippen LogP) is 2.50. The SMILES string of the molecule is CS(=O)(=O)c1ccc(C=CCBr)cc1. The van der Waals surface area contributed by atoms with E-state index >= 15 is 0 Å². The van der Waals surface area contributed by atoms with Crippen molar-refractivity contribution >= 4 is 31.8 Å². The topological polar surface area (TPSA) is 34.1 Å². The summed E-state index contributed by atoms with van der Waals surface area (Å²) in [4.78, 5) is 0.355. The van der Waals surface area contributed by atoms with Gasteiger partial charge in [0.1, 0.15) is 0 Å². The molecule has 2 nitrogen and oxygen atoms in total. The van der Waals surface area contributed by atoms with Gasteiger partial charge in [0.15, 0.2) is 9.84 Å². The number of allylic oxidation sites excluding steroid dienone is 1. The summed E-state index contributed by atoms with van der Waals surface area (Å²) in [6, 6.07) is 6.80. The van der Waals surface area contributed by atoms with Crippen LogP contribution in [-0.2, 0) is 9.84 Å². The van der Waals surface area contributed by atoms with Crippen LogP contribution in [0.25, 0.3) is 6.08 Å². The molecule has 0 fully saturated rings. The molecule has 0 atom stereocenters. The molecule has 0 aliphatic rings. The first-order chi connectivity index (χ1) is 6.54. The van der Waals surface area contributed by atoms with E-state index in [9.17, 15) is 8.42 Å². The Morgan fingerprint density at radius 3 is 2.29 bits per heavy atom. The third-order valence-corrected chi connectivity index (χ3v) is 3.21. The summed E-state index contributed by atoms with van der Waals surface area (Å²) in [6.07, 6.45) is 5.09. The number of alkyl halides is 1. The fraction of sp³-hybridized carbons (Fsp3) is 0.200. The molecule has 0 aromatic heterocycles. The summed E-state index contributed by atoms with van der Waals surface area (Å²) >= 11 is 3.27. The average Bonchev–Trinajstić information content (AvgIpc) is 2.14. The number of rotatable bonds is 3. The minimum atomic E-state index is -3.07. The molecule has 14 heavy (non-hydrogen) atoms. The van der Waals surface area contributed by atoms with E-state index in [1.807, 2.05) is 12.2 Å². The van der Waals surface area contributed by atoms with Crippen LogP contribution in [-0.4, -0.2) is 20.0 Å². The van der Waals surface area contributed by atoms with Crippen molar-refractivity contribution in [2.45, 2.75) is 4.90 Å². The second-order valence-corrected chi connectivity index (χ2v) is 5.56. The molecular formula is C10H11BrO2S. The van der Waals surface area contributed by atoms with Gasteiger partial charge in [0.05, 0.1) is 4.90 Å². The number of hydrogen-bond donors (Lipinski definition) is 0. The highest BCUT2D eigenvalue weighted by Crippen LogP contribution is 2.11. The zero-order valence-electron chi connectivity index (χ0n) is 7.77. The minimum Gasteiger partial charge on any atom is -0.224 e. The van der Waals surface area contributed by atoms with Crippen molar-refractivity contribution in [1.82, 2.24) is 0 Å². The van der Waals surface area contributed by atoms with Crippen molar-refractivity contribution in [3.63, 3.8) is 0 Å². The summed E-state index contributed by atoms with van der Waals surface area (Å²) in [6.45, 7) is 0. The fourth-order valence-corrected chi connectivity index (χ4v) is 1.82. The molecule has 0 saturated heterocycles. The van der Waals surface area contributed by atoms with Crippen LogP contribution >= 0.6 is 15.9 Å². The van der Waals surface area contributed by atoms with Crippen LogP contribution < -0.4 is 0 Å². The number of hydrogen-bond acceptors (Lipinski definition) is 2. The Bertz CT molecular complexity index is 418. The highest BCUT2D eigenvalue weighted by atomic mass is 79.9. The standard InChI is InChI=1S/C10H11BrO2S/c1-14(12,13)10-6-4-9(5-7-10)3-2-8-11/h2-7H,8H2,1H3. The maximum atomic E-state index is 11.1. The van der Waals surface area contributed by atoms with Gasteiger partial charge in [-0.1, -0.05) is 40.2 Å². The Labute approximate surface area is 92.7 Å². The van der Waals surface area contributed by atoms with Crippen molar-refractivity contribution in [2.75, 3.05) is 11.6 Å². The van der Waals surface area contributed by atoms with Gasteiger partial charge in [0.25, 0.3) is 0 Å². The smallest absolute Gasteiger partial charge is 0.175 e. The molecule has 0 unspecified atom stereocenters. The molecule has 0 aliphatic heterocycles. The van der Waals surface area contributed by atoms with E-state index < -0.39 is 9.84 Å². The average molecular weight is 275 g/mol. The van der Waals surface area contributed by atoms with Crippen LogP contribution in [0.5, 0.6) is 0 Å². The van der Waals surface area contributed by atoms with Gasteiger partial charge in [0, 0.05) is 11.6 Å². The Balaban J connectivity index is 2.95. The van der Waals surface area contributed by atoms with E-state index in [0.717, 1.165) is 10.9 Å². The Morgan fingerprint density at radius 2 is 1.86 bits per heavy atom. The molecule has 0 heterocycles. The van der Waals surface area contributed by atoms with Gasteiger partial charge in [-0.2, -0.15) is 0 Å². The van der Waals surface area contributed by atoms with E-state index in [-0.39, 0.29) is 0 Å². The second-order valence-electron chi connectivity index (χ2n) is 2.90. The monoisotopic (exact) mass is 274 g/mol. The van der Waals surface area contributed by atoms with Crippen LogP contribution in [0.4, 0.5) is 0 Å². The molecule has 4 heteroatoms. The van der Waals surface area contributed by atoms with Gasteiger partial charge >= 0.3 is 0 Å². The quantitative estimate of drug-likeness (QED) is 0.794. The van der Waals surface area contributed by atoms with E-state index in [0.29, 0.717) is 4.90 Å². The second kappa shape index (κ2) is 4.75. The summed E-state index contributed by atoms with van der Waals surface area (Å²) < 4.78 is 22.3. The largest absolute Gasteiger partial charge is 0.224 e. The summed E-state index contributed by atoms with van der Waals surface area (Å²) in [5.74, 6) is 0. The zero-order valence-corrected chi connectivity index (χ0v) is 10.2. The molecular weight excluding hydrogens is 264 g/mol. The number of sulfone groups is 1. The first-order valence-corrected chi connectivity index (χ1v) is 7.08. The molecule has 0 spiro atoms. The van der Waals surface area contributed by atoms with Crippen molar-refractivity contribution in [3.05, 3.63) is 35.9 Å². The maximum Gasteiger partial charge on any atom is 0.175 e. The minimum absolute atomic E-state index is 0.355. The molecule has 0 bridgehead atoms. The van der Waals surface area contributed by atoms with Crippen molar-refractivity contribution in [3.8, 4) is 0 Å². The predicted molar refractivity (Wildman–Crippen MR) is 62.4 cm³/mol. The Morgan fingerprint density at radius 1 is 1.29 bits per heavy atom. The van der Waals surface area contributed by atoms with E-state index in [2.05, 4.69) is 15.9 Å². The zero-order chi connectivity index (χ0) is 10.6. The van der Waals surface area contributed by atoms with Crippen LogP contribution in [0.1, 0.15) is 5.56 Å². The summed E-state index contributed by atoms with van der Waals surface area (Å²) in [7, 11) is -3.07. The van der Waals surface area contributed by atoms with Gasteiger partial charge in [-0.3, -0.25) is 0 Å². The summed E-state index contributed by atoms with van der Waals surface area (Å²) in [5.41, 5.74) is 0.997. The lowest BCUT2D eigenvalue weighted by Gasteiger charge is -1.98. The van der Waals surface area contributed by atoms with Gasteiger partial charge in [0.2, 0.25) is 0 Å². The van der Waals surface area contributed by atoms with Crippen LogP contribution in [0.3, 0.4) is 0 Å². The molecule has 1 aromatic rings. The lowest BCUT2D eigenvalue weighted by molar-refractivity contribution is 0.602. The van der Waals surface area contributed by atoms with Crippen molar-refractivity contribution in [1.29, 1.82) is 0 Å². The molecule has 0 aliphatic carbocycles. The molecule has 0 amide bonds. The van der Waals surface area contributed by atoms with Crippen LogP contribution in [0.2, 0.25) is 0 Å². The van der Waals surface area contributed by atoms with Crippen molar-refractivity contribution in [2.24, 2.45) is 0 Å². The first-order valence-electron chi connectivity index (χ1n) is 4.06. The molecule has 1 rings (SSSR count). The van der Waals surface area contributed by atoms with E-state index in [1.165, 1.54) is 6.26 Å². The lowest BCUT2D eigenvalue weighted by Crippen LogP contribution is -1.95. The maximum absolute atomic E-state index is 11.1. The molecule has 0 saturated carbocycles.